The fourth-order valence-corrected chi connectivity index (χ4v) is 3.86. The molecule has 0 unspecified atom stereocenters. The summed E-state index contributed by atoms with van der Waals surface area (Å²) in [4.78, 5) is 0. The summed E-state index contributed by atoms with van der Waals surface area (Å²) in [7, 11) is 0. The van der Waals surface area contributed by atoms with Gasteiger partial charge in [-0.15, -0.1) is 0 Å². The molecule has 1 saturated heterocycles. The number of fused-ring (bicyclic) bond motifs is 5. The summed E-state index contributed by atoms with van der Waals surface area (Å²) in [6, 6.07) is 13.8. The van der Waals surface area contributed by atoms with Crippen LogP contribution < -0.4 is 0 Å². The second-order valence-electron chi connectivity index (χ2n) is 6.15. The van der Waals surface area contributed by atoms with Gasteiger partial charge < -0.3 is 4.74 Å². The van der Waals surface area contributed by atoms with Crippen LogP contribution in [0.4, 0.5) is 4.39 Å². The summed E-state index contributed by atoms with van der Waals surface area (Å²) >= 11 is 0. The van der Waals surface area contributed by atoms with E-state index in [0.717, 1.165) is 24.8 Å². The van der Waals surface area contributed by atoms with E-state index < -0.39 is 0 Å². The van der Waals surface area contributed by atoms with Crippen molar-refractivity contribution in [2.24, 2.45) is 0 Å². The Hall–Kier alpha value is -1.67. The van der Waals surface area contributed by atoms with Crippen LogP contribution in [-0.2, 0) is 11.2 Å². The third-order valence-corrected chi connectivity index (χ3v) is 4.93. The first-order valence-electron chi connectivity index (χ1n) is 7.78. The molecule has 0 saturated carbocycles. The highest BCUT2D eigenvalue weighted by Gasteiger charge is 2.40. The zero-order valence-electron chi connectivity index (χ0n) is 12.2. The van der Waals surface area contributed by atoms with Gasteiger partial charge in [0.2, 0.25) is 0 Å². The fraction of sp³-hybridized carbons (Fsp3) is 0.368. The normalized spacial score (nSPS) is 26.7. The van der Waals surface area contributed by atoms with Crippen LogP contribution in [0.25, 0.3) is 0 Å². The molecule has 4 rings (SSSR count). The van der Waals surface area contributed by atoms with E-state index in [1.807, 2.05) is 6.07 Å². The van der Waals surface area contributed by atoms with Crippen molar-refractivity contribution in [2.75, 3.05) is 0 Å². The van der Waals surface area contributed by atoms with Crippen LogP contribution in [0.3, 0.4) is 0 Å². The second-order valence-corrected chi connectivity index (χ2v) is 6.15. The van der Waals surface area contributed by atoms with E-state index in [0.29, 0.717) is 5.92 Å². The Morgan fingerprint density at radius 1 is 1.10 bits per heavy atom. The van der Waals surface area contributed by atoms with Gasteiger partial charge in [0.15, 0.2) is 0 Å². The highest BCUT2D eigenvalue weighted by Crippen LogP contribution is 2.49. The predicted octanol–water partition coefficient (Wildman–Crippen LogP) is 4.75. The lowest BCUT2D eigenvalue weighted by Crippen LogP contribution is -2.07. The lowest BCUT2D eigenvalue weighted by Gasteiger charge is -2.19. The number of hydrogen-bond acceptors (Lipinski definition) is 1. The zero-order valence-corrected chi connectivity index (χ0v) is 12.2. The Bertz CT molecular complexity index is 679. The van der Waals surface area contributed by atoms with Crippen molar-refractivity contribution in [3.8, 4) is 0 Å². The summed E-state index contributed by atoms with van der Waals surface area (Å²) in [5.41, 5.74) is 4.99. The van der Waals surface area contributed by atoms with Crippen molar-refractivity contribution in [2.45, 2.75) is 44.3 Å². The van der Waals surface area contributed by atoms with E-state index in [-0.39, 0.29) is 18.0 Å². The van der Waals surface area contributed by atoms with Crippen LogP contribution in [-0.4, -0.2) is 6.10 Å². The van der Waals surface area contributed by atoms with Gasteiger partial charge in [-0.25, -0.2) is 4.39 Å². The molecule has 2 aromatic rings. The number of halogens is 1. The third-order valence-electron chi connectivity index (χ3n) is 4.93. The minimum absolute atomic E-state index is 0.00398. The van der Waals surface area contributed by atoms with Gasteiger partial charge in [-0.2, -0.15) is 0 Å². The Kier molecular flexibility index (Phi) is 3.07. The van der Waals surface area contributed by atoms with Crippen LogP contribution in [0.1, 0.15) is 54.0 Å². The maximum atomic E-state index is 13.7. The Labute approximate surface area is 124 Å². The molecule has 3 atom stereocenters. The standard InChI is InChI=1S/C19H19FO/c1-2-15-11-18-16-6-4-3-5-12(16)9-13-7-8-14(20)10-17(13)19(18)21-15/h3-8,10,15,18-19H,2,9,11H2,1H3/t15-,18-,19-/m0/s1. The highest BCUT2D eigenvalue weighted by molar-refractivity contribution is 5.45. The molecule has 2 aliphatic rings. The smallest absolute Gasteiger partial charge is 0.123 e. The summed E-state index contributed by atoms with van der Waals surface area (Å²) < 4.78 is 20.0. The Morgan fingerprint density at radius 3 is 2.76 bits per heavy atom. The molecule has 21 heavy (non-hydrogen) atoms. The van der Waals surface area contributed by atoms with Gasteiger partial charge in [-0.3, -0.25) is 0 Å². The molecule has 0 aromatic heterocycles. The van der Waals surface area contributed by atoms with E-state index in [1.54, 1.807) is 12.1 Å². The van der Waals surface area contributed by atoms with Gasteiger partial charge in [0.05, 0.1) is 12.2 Å². The molecule has 108 valence electrons. The minimum atomic E-state index is -0.165. The van der Waals surface area contributed by atoms with Gasteiger partial charge >= 0.3 is 0 Å². The summed E-state index contributed by atoms with van der Waals surface area (Å²) in [6.07, 6.45) is 3.21. The summed E-state index contributed by atoms with van der Waals surface area (Å²) in [5, 5.41) is 0. The molecular formula is C19H19FO. The molecule has 1 nitrogen and oxygen atoms in total. The van der Waals surface area contributed by atoms with Crippen molar-refractivity contribution in [3.63, 3.8) is 0 Å². The highest BCUT2D eigenvalue weighted by atomic mass is 19.1. The van der Waals surface area contributed by atoms with E-state index in [2.05, 4.69) is 31.2 Å². The molecule has 1 aliphatic carbocycles. The number of rotatable bonds is 1. The average Bonchev–Trinajstić information content (AvgIpc) is 2.89. The van der Waals surface area contributed by atoms with Gasteiger partial charge in [-0.05, 0) is 53.6 Å². The molecule has 0 bridgehead atoms. The van der Waals surface area contributed by atoms with Crippen molar-refractivity contribution >= 4 is 0 Å². The fourth-order valence-electron chi connectivity index (χ4n) is 3.86. The summed E-state index contributed by atoms with van der Waals surface area (Å²) in [6.45, 7) is 2.16. The molecule has 2 aromatic carbocycles. The van der Waals surface area contributed by atoms with Gasteiger partial charge in [-0.1, -0.05) is 37.3 Å². The average molecular weight is 282 g/mol. The van der Waals surface area contributed by atoms with Crippen LogP contribution in [0, 0.1) is 5.82 Å². The molecule has 0 radical (unpaired) electrons. The predicted molar refractivity (Wildman–Crippen MR) is 80.9 cm³/mol. The van der Waals surface area contributed by atoms with Crippen LogP contribution in [0.5, 0.6) is 0 Å². The number of hydrogen-bond donors (Lipinski definition) is 0. The lowest BCUT2D eigenvalue weighted by atomic mass is 9.87. The number of ether oxygens (including phenoxy) is 1. The third kappa shape index (κ3) is 2.09. The van der Waals surface area contributed by atoms with Gasteiger partial charge in [0.25, 0.3) is 0 Å². The van der Waals surface area contributed by atoms with Gasteiger partial charge in [0.1, 0.15) is 5.82 Å². The van der Waals surface area contributed by atoms with E-state index in [4.69, 9.17) is 4.74 Å². The summed E-state index contributed by atoms with van der Waals surface area (Å²) in [5.74, 6) is 0.191. The maximum absolute atomic E-state index is 13.7. The molecule has 0 spiro atoms. The molecule has 0 N–H and O–H groups in total. The monoisotopic (exact) mass is 282 g/mol. The molecule has 1 fully saturated rings. The lowest BCUT2D eigenvalue weighted by molar-refractivity contribution is 0.0386. The van der Waals surface area contributed by atoms with Crippen molar-refractivity contribution in [1.82, 2.24) is 0 Å². The Morgan fingerprint density at radius 2 is 1.90 bits per heavy atom. The van der Waals surface area contributed by atoms with E-state index >= 15 is 0 Å². The first-order chi connectivity index (χ1) is 10.3. The SMILES string of the molecule is CC[C@H]1C[C@H]2c3ccccc3Cc3ccc(F)cc3[C@@H]2O1. The molecule has 0 amide bonds. The van der Waals surface area contributed by atoms with Crippen molar-refractivity contribution < 1.29 is 9.13 Å². The molecular weight excluding hydrogens is 263 g/mol. The van der Waals surface area contributed by atoms with Crippen molar-refractivity contribution in [1.29, 1.82) is 0 Å². The molecule has 2 heteroatoms. The largest absolute Gasteiger partial charge is 0.370 e. The maximum Gasteiger partial charge on any atom is 0.123 e. The minimum Gasteiger partial charge on any atom is -0.370 e. The topological polar surface area (TPSA) is 9.23 Å². The van der Waals surface area contributed by atoms with E-state index in [9.17, 15) is 4.39 Å². The second kappa shape index (κ2) is 4.96. The first-order valence-corrected chi connectivity index (χ1v) is 7.78. The Balaban J connectivity index is 1.90. The molecule has 1 heterocycles. The van der Waals surface area contributed by atoms with Crippen LogP contribution in [0.15, 0.2) is 42.5 Å². The zero-order chi connectivity index (χ0) is 14.4. The quantitative estimate of drug-likeness (QED) is 0.733. The van der Waals surface area contributed by atoms with Crippen molar-refractivity contribution in [3.05, 3.63) is 70.5 Å². The van der Waals surface area contributed by atoms with Crippen LogP contribution in [0.2, 0.25) is 0 Å². The van der Waals surface area contributed by atoms with E-state index in [1.165, 1.54) is 16.7 Å². The van der Waals surface area contributed by atoms with Crippen LogP contribution >= 0.6 is 0 Å². The molecule has 1 aliphatic heterocycles. The van der Waals surface area contributed by atoms with Gasteiger partial charge in [0, 0.05) is 5.92 Å². The first kappa shape index (κ1) is 13.0. The number of benzene rings is 2.